The standard InChI is InChI=1S/C18H22N2O3/c1-5-20(14-8-6-13(2)7-9-14)19-18(21)16-11-10-15(22-3)12-17(16)23-4/h6-12H,5H2,1-4H3,(H,19,21). The van der Waals surface area contributed by atoms with Gasteiger partial charge in [0, 0.05) is 12.6 Å². The number of nitrogens with one attached hydrogen (secondary N) is 1. The number of amides is 1. The lowest BCUT2D eigenvalue weighted by Gasteiger charge is -2.24. The molecule has 0 radical (unpaired) electrons. The molecule has 0 saturated carbocycles. The van der Waals surface area contributed by atoms with Gasteiger partial charge in [0.15, 0.2) is 0 Å². The summed E-state index contributed by atoms with van der Waals surface area (Å²) in [5.41, 5.74) is 5.47. The Bertz CT molecular complexity index is 668. The molecule has 2 aromatic rings. The molecule has 2 rings (SSSR count). The Morgan fingerprint density at radius 3 is 2.35 bits per heavy atom. The average molecular weight is 314 g/mol. The zero-order chi connectivity index (χ0) is 16.8. The third-order valence-corrected chi connectivity index (χ3v) is 3.55. The molecule has 0 bridgehead atoms. The van der Waals surface area contributed by atoms with Crippen molar-refractivity contribution < 1.29 is 14.3 Å². The predicted molar refractivity (Wildman–Crippen MR) is 91.2 cm³/mol. The second-order valence-corrected chi connectivity index (χ2v) is 5.09. The Hall–Kier alpha value is -2.69. The summed E-state index contributed by atoms with van der Waals surface area (Å²) in [4.78, 5) is 12.6. The molecular formula is C18H22N2O3. The quantitative estimate of drug-likeness (QED) is 0.832. The van der Waals surface area contributed by atoms with Crippen molar-refractivity contribution in [1.29, 1.82) is 0 Å². The number of methoxy groups -OCH3 is 2. The minimum absolute atomic E-state index is 0.230. The molecule has 1 amide bonds. The maximum Gasteiger partial charge on any atom is 0.273 e. The number of hydrogen-bond donors (Lipinski definition) is 1. The molecule has 0 saturated heterocycles. The number of carbonyl (C=O) groups excluding carboxylic acids is 1. The molecule has 0 aromatic heterocycles. The molecule has 0 spiro atoms. The first-order chi connectivity index (χ1) is 11.1. The van der Waals surface area contributed by atoms with E-state index in [0.717, 1.165) is 5.69 Å². The lowest BCUT2D eigenvalue weighted by molar-refractivity contribution is 0.0946. The first-order valence-electron chi connectivity index (χ1n) is 7.46. The fraction of sp³-hybridized carbons (Fsp3) is 0.278. The molecule has 0 heterocycles. The summed E-state index contributed by atoms with van der Waals surface area (Å²) in [6.45, 7) is 4.65. The minimum Gasteiger partial charge on any atom is -0.497 e. The van der Waals surface area contributed by atoms with Gasteiger partial charge in [-0.3, -0.25) is 15.2 Å². The summed E-state index contributed by atoms with van der Waals surface area (Å²) in [5.74, 6) is 0.887. The zero-order valence-electron chi connectivity index (χ0n) is 13.9. The van der Waals surface area contributed by atoms with E-state index >= 15 is 0 Å². The van der Waals surface area contributed by atoms with Crippen molar-refractivity contribution in [1.82, 2.24) is 5.43 Å². The van der Waals surface area contributed by atoms with Gasteiger partial charge < -0.3 is 9.47 Å². The molecule has 2 aromatic carbocycles. The second-order valence-electron chi connectivity index (χ2n) is 5.09. The molecule has 0 atom stereocenters. The van der Waals surface area contributed by atoms with Gasteiger partial charge in [0.25, 0.3) is 5.91 Å². The fourth-order valence-corrected chi connectivity index (χ4v) is 2.22. The van der Waals surface area contributed by atoms with Crippen LogP contribution in [0.25, 0.3) is 0 Å². The number of anilines is 1. The molecular weight excluding hydrogens is 292 g/mol. The van der Waals surface area contributed by atoms with Crippen LogP contribution in [0.5, 0.6) is 11.5 Å². The van der Waals surface area contributed by atoms with E-state index in [4.69, 9.17) is 9.47 Å². The SMILES string of the molecule is CCN(NC(=O)c1ccc(OC)cc1OC)c1ccc(C)cc1. The third-order valence-electron chi connectivity index (χ3n) is 3.55. The van der Waals surface area contributed by atoms with Gasteiger partial charge in [0.05, 0.1) is 25.5 Å². The van der Waals surface area contributed by atoms with Crippen molar-refractivity contribution in [2.24, 2.45) is 0 Å². The Morgan fingerprint density at radius 2 is 1.78 bits per heavy atom. The van der Waals surface area contributed by atoms with Crippen LogP contribution in [-0.4, -0.2) is 26.7 Å². The molecule has 5 heteroatoms. The lowest BCUT2D eigenvalue weighted by atomic mass is 10.2. The molecule has 0 fully saturated rings. The lowest BCUT2D eigenvalue weighted by Crippen LogP contribution is -2.42. The van der Waals surface area contributed by atoms with Crippen molar-refractivity contribution >= 4 is 11.6 Å². The first kappa shape index (κ1) is 16.7. The number of benzene rings is 2. The number of ether oxygens (including phenoxy) is 2. The van der Waals surface area contributed by atoms with Crippen LogP contribution < -0.4 is 19.9 Å². The van der Waals surface area contributed by atoms with Crippen molar-refractivity contribution in [3.8, 4) is 11.5 Å². The van der Waals surface area contributed by atoms with Crippen molar-refractivity contribution in [2.45, 2.75) is 13.8 Å². The average Bonchev–Trinajstić information content (AvgIpc) is 2.59. The zero-order valence-corrected chi connectivity index (χ0v) is 13.9. The number of hydrazine groups is 1. The minimum atomic E-state index is -0.230. The van der Waals surface area contributed by atoms with E-state index in [1.165, 1.54) is 12.7 Å². The van der Waals surface area contributed by atoms with Crippen LogP contribution in [0.4, 0.5) is 5.69 Å². The van der Waals surface area contributed by atoms with E-state index in [2.05, 4.69) is 5.43 Å². The van der Waals surface area contributed by atoms with Crippen molar-refractivity contribution in [3.05, 3.63) is 53.6 Å². The number of hydrogen-bond acceptors (Lipinski definition) is 4. The largest absolute Gasteiger partial charge is 0.497 e. The molecule has 5 nitrogen and oxygen atoms in total. The Morgan fingerprint density at radius 1 is 1.09 bits per heavy atom. The summed E-state index contributed by atoms with van der Waals surface area (Å²) >= 11 is 0. The molecule has 23 heavy (non-hydrogen) atoms. The van der Waals surface area contributed by atoms with E-state index in [1.807, 2.05) is 38.1 Å². The Balaban J connectivity index is 2.21. The highest BCUT2D eigenvalue weighted by molar-refractivity contribution is 5.98. The normalized spacial score (nSPS) is 10.1. The van der Waals surface area contributed by atoms with E-state index < -0.39 is 0 Å². The van der Waals surface area contributed by atoms with Gasteiger partial charge in [-0.1, -0.05) is 17.7 Å². The van der Waals surface area contributed by atoms with Crippen LogP contribution in [0.3, 0.4) is 0 Å². The summed E-state index contributed by atoms with van der Waals surface area (Å²) in [6, 6.07) is 13.1. The summed E-state index contributed by atoms with van der Waals surface area (Å²) in [5, 5.41) is 1.80. The van der Waals surface area contributed by atoms with Gasteiger partial charge in [0.1, 0.15) is 11.5 Å². The monoisotopic (exact) mass is 314 g/mol. The maximum absolute atomic E-state index is 12.6. The van der Waals surface area contributed by atoms with Crippen LogP contribution in [0, 0.1) is 6.92 Å². The molecule has 122 valence electrons. The smallest absolute Gasteiger partial charge is 0.273 e. The van der Waals surface area contributed by atoms with Crippen molar-refractivity contribution in [2.75, 3.05) is 25.8 Å². The van der Waals surface area contributed by atoms with Crippen molar-refractivity contribution in [3.63, 3.8) is 0 Å². The summed E-state index contributed by atoms with van der Waals surface area (Å²) < 4.78 is 10.4. The van der Waals surface area contributed by atoms with Crippen LogP contribution in [0.2, 0.25) is 0 Å². The van der Waals surface area contributed by atoms with Crippen LogP contribution >= 0.6 is 0 Å². The van der Waals surface area contributed by atoms with Crippen LogP contribution in [-0.2, 0) is 0 Å². The highest BCUT2D eigenvalue weighted by Gasteiger charge is 2.16. The van der Waals surface area contributed by atoms with Gasteiger partial charge >= 0.3 is 0 Å². The van der Waals surface area contributed by atoms with Crippen LogP contribution in [0.15, 0.2) is 42.5 Å². The fourth-order valence-electron chi connectivity index (χ4n) is 2.22. The van der Waals surface area contributed by atoms with E-state index in [0.29, 0.717) is 23.6 Å². The molecule has 0 aliphatic rings. The molecule has 1 N–H and O–H groups in total. The summed E-state index contributed by atoms with van der Waals surface area (Å²) in [6.07, 6.45) is 0. The van der Waals surface area contributed by atoms with E-state index in [1.54, 1.807) is 30.3 Å². The predicted octanol–water partition coefficient (Wildman–Crippen LogP) is 3.18. The van der Waals surface area contributed by atoms with Gasteiger partial charge in [-0.2, -0.15) is 0 Å². The van der Waals surface area contributed by atoms with Gasteiger partial charge in [-0.05, 0) is 38.1 Å². The molecule has 0 aliphatic carbocycles. The molecule has 0 aliphatic heterocycles. The topological polar surface area (TPSA) is 50.8 Å². The molecule has 0 unspecified atom stereocenters. The number of rotatable bonds is 6. The Kier molecular flexibility index (Phi) is 5.46. The highest BCUT2D eigenvalue weighted by atomic mass is 16.5. The van der Waals surface area contributed by atoms with Gasteiger partial charge in [-0.25, -0.2) is 0 Å². The first-order valence-corrected chi connectivity index (χ1v) is 7.46. The summed E-state index contributed by atoms with van der Waals surface area (Å²) in [7, 11) is 3.11. The van der Waals surface area contributed by atoms with E-state index in [-0.39, 0.29) is 5.91 Å². The second kappa shape index (κ2) is 7.54. The van der Waals surface area contributed by atoms with Gasteiger partial charge in [0.2, 0.25) is 0 Å². The highest BCUT2D eigenvalue weighted by Crippen LogP contribution is 2.24. The van der Waals surface area contributed by atoms with Gasteiger partial charge in [-0.15, -0.1) is 0 Å². The Labute approximate surface area is 136 Å². The van der Waals surface area contributed by atoms with E-state index in [9.17, 15) is 4.79 Å². The van der Waals surface area contributed by atoms with Crippen LogP contribution in [0.1, 0.15) is 22.8 Å². The number of aryl methyl sites for hydroxylation is 1. The number of carbonyl (C=O) groups is 1. The third kappa shape index (κ3) is 3.94. The maximum atomic E-state index is 12.6. The number of nitrogens with zero attached hydrogens (tertiary/aromatic N) is 1.